The fourth-order valence-electron chi connectivity index (χ4n) is 3.03. The lowest BCUT2D eigenvalue weighted by molar-refractivity contribution is 0.0927. The van der Waals surface area contributed by atoms with Crippen LogP contribution in [0.3, 0.4) is 0 Å². The highest BCUT2D eigenvalue weighted by Gasteiger charge is 2.21. The first-order chi connectivity index (χ1) is 11.7. The molecule has 0 bridgehead atoms. The molecule has 0 radical (unpaired) electrons. The van der Waals surface area contributed by atoms with Crippen LogP contribution in [0.1, 0.15) is 28.3 Å². The summed E-state index contributed by atoms with van der Waals surface area (Å²) in [6, 6.07) is 5.51. The zero-order chi connectivity index (χ0) is 16.5. The molecule has 122 valence electrons. The third kappa shape index (κ3) is 2.80. The van der Waals surface area contributed by atoms with Crippen LogP contribution in [-0.4, -0.2) is 36.3 Å². The third-order valence-corrected chi connectivity index (χ3v) is 4.20. The molecule has 1 atom stereocenters. The predicted octanol–water partition coefficient (Wildman–Crippen LogP) is 1.52. The van der Waals surface area contributed by atoms with Crippen molar-refractivity contribution in [3.63, 3.8) is 0 Å². The first-order valence-corrected chi connectivity index (χ1v) is 7.98. The second-order valence-corrected chi connectivity index (χ2v) is 6.02. The SMILES string of the molecule is Cc1cn2c(n1)CC[C@H](NC(=O)c1ccc(-n3cccn3)nc1)C2. The number of carbonyl (C=O) groups is 1. The van der Waals surface area contributed by atoms with Crippen molar-refractivity contribution in [2.45, 2.75) is 32.4 Å². The number of imidazole rings is 1. The Morgan fingerprint density at radius 3 is 3.04 bits per heavy atom. The minimum Gasteiger partial charge on any atom is -0.347 e. The van der Waals surface area contributed by atoms with Crippen molar-refractivity contribution >= 4 is 5.91 Å². The molecule has 7 nitrogen and oxygen atoms in total. The van der Waals surface area contributed by atoms with Gasteiger partial charge in [0.2, 0.25) is 0 Å². The molecule has 4 heterocycles. The molecule has 7 heteroatoms. The van der Waals surface area contributed by atoms with Gasteiger partial charge in [0.25, 0.3) is 5.91 Å². The first-order valence-electron chi connectivity index (χ1n) is 7.98. The Balaban J connectivity index is 1.43. The Bertz CT molecular complexity index is 850. The highest BCUT2D eigenvalue weighted by atomic mass is 16.1. The Hall–Kier alpha value is -2.96. The van der Waals surface area contributed by atoms with E-state index in [1.807, 2.05) is 25.4 Å². The Kier molecular flexibility index (Phi) is 3.60. The van der Waals surface area contributed by atoms with Crippen LogP contribution in [0.2, 0.25) is 0 Å². The number of nitrogens with zero attached hydrogens (tertiary/aromatic N) is 5. The third-order valence-electron chi connectivity index (χ3n) is 4.20. The highest BCUT2D eigenvalue weighted by molar-refractivity contribution is 5.94. The average Bonchev–Trinajstić information content (AvgIpc) is 3.23. The summed E-state index contributed by atoms with van der Waals surface area (Å²) in [5, 5.41) is 7.21. The number of pyridine rings is 1. The predicted molar refractivity (Wildman–Crippen MR) is 87.9 cm³/mol. The van der Waals surface area contributed by atoms with Crippen LogP contribution in [0.5, 0.6) is 0 Å². The Morgan fingerprint density at radius 1 is 1.38 bits per heavy atom. The van der Waals surface area contributed by atoms with Crippen LogP contribution in [-0.2, 0) is 13.0 Å². The van der Waals surface area contributed by atoms with E-state index in [9.17, 15) is 4.79 Å². The molecule has 4 rings (SSSR count). The molecule has 1 amide bonds. The summed E-state index contributed by atoms with van der Waals surface area (Å²) < 4.78 is 3.79. The van der Waals surface area contributed by atoms with E-state index in [1.165, 1.54) is 0 Å². The lowest BCUT2D eigenvalue weighted by Gasteiger charge is -2.24. The van der Waals surface area contributed by atoms with Gasteiger partial charge in [-0.1, -0.05) is 0 Å². The number of carbonyl (C=O) groups excluding carboxylic acids is 1. The number of amides is 1. The second kappa shape index (κ2) is 5.92. The fourth-order valence-corrected chi connectivity index (χ4v) is 3.03. The van der Waals surface area contributed by atoms with Gasteiger partial charge >= 0.3 is 0 Å². The molecule has 3 aromatic heterocycles. The normalized spacial score (nSPS) is 16.6. The number of nitrogens with one attached hydrogen (secondary N) is 1. The summed E-state index contributed by atoms with van der Waals surface area (Å²) in [4.78, 5) is 21.2. The molecular formula is C17H18N6O. The van der Waals surface area contributed by atoms with E-state index in [-0.39, 0.29) is 11.9 Å². The van der Waals surface area contributed by atoms with Gasteiger partial charge in [0.05, 0.1) is 11.3 Å². The zero-order valence-corrected chi connectivity index (χ0v) is 13.4. The quantitative estimate of drug-likeness (QED) is 0.793. The van der Waals surface area contributed by atoms with E-state index < -0.39 is 0 Å². The second-order valence-electron chi connectivity index (χ2n) is 6.02. The minimum atomic E-state index is -0.0974. The van der Waals surface area contributed by atoms with Gasteiger partial charge in [-0.25, -0.2) is 14.6 Å². The summed E-state index contributed by atoms with van der Waals surface area (Å²) in [6.07, 6.45) is 8.92. The molecule has 0 spiro atoms. The van der Waals surface area contributed by atoms with Crippen molar-refractivity contribution in [3.8, 4) is 5.82 Å². The van der Waals surface area contributed by atoms with Gasteiger partial charge < -0.3 is 9.88 Å². The molecule has 0 saturated heterocycles. The van der Waals surface area contributed by atoms with Crippen LogP contribution >= 0.6 is 0 Å². The number of aryl methyl sites for hydroxylation is 2. The van der Waals surface area contributed by atoms with Gasteiger partial charge in [-0.2, -0.15) is 5.10 Å². The topological polar surface area (TPSA) is 77.6 Å². The number of aromatic nitrogens is 5. The largest absolute Gasteiger partial charge is 0.347 e. The fraction of sp³-hybridized carbons (Fsp3) is 0.294. The van der Waals surface area contributed by atoms with E-state index in [1.54, 1.807) is 29.2 Å². The molecular weight excluding hydrogens is 304 g/mol. The average molecular weight is 322 g/mol. The van der Waals surface area contributed by atoms with Gasteiger partial charge in [0, 0.05) is 43.8 Å². The van der Waals surface area contributed by atoms with Crippen molar-refractivity contribution in [2.24, 2.45) is 0 Å². The molecule has 0 aliphatic carbocycles. The van der Waals surface area contributed by atoms with E-state index in [0.717, 1.165) is 30.9 Å². The first kappa shape index (κ1) is 14.6. The van der Waals surface area contributed by atoms with E-state index in [0.29, 0.717) is 11.4 Å². The van der Waals surface area contributed by atoms with Gasteiger partial charge in [0.1, 0.15) is 5.82 Å². The molecule has 1 aliphatic rings. The van der Waals surface area contributed by atoms with Gasteiger partial charge in [-0.05, 0) is 31.5 Å². The van der Waals surface area contributed by atoms with Crippen LogP contribution in [0.15, 0.2) is 43.0 Å². The molecule has 3 aromatic rings. The maximum Gasteiger partial charge on any atom is 0.253 e. The van der Waals surface area contributed by atoms with Gasteiger partial charge in [-0.3, -0.25) is 4.79 Å². The van der Waals surface area contributed by atoms with Crippen LogP contribution < -0.4 is 5.32 Å². The number of fused-ring (bicyclic) bond motifs is 1. The van der Waals surface area contributed by atoms with Crippen LogP contribution in [0.4, 0.5) is 0 Å². The molecule has 0 fully saturated rings. The Morgan fingerprint density at radius 2 is 2.29 bits per heavy atom. The molecule has 1 N–H and O–H groups in total. The minimum absolute atomic E-state index is 0.0974. The van der Waals surface area contributed by atoms with Crippen molar-refractivity contribution < 1.29 is 4.79 Å². The van der Waals surface area contributed by atoms with E-state index in [2.05, 4.69) is 25.0 Å². The number of hydrogen-bond acceptors (Lipinski definition) is 4. The molecule has 1 aliphatic heterocycles. The molecule has 0 saturated carbocycles. The monoisotopic (exact) mass is 322 g/mol. The standard InChI is InChI=1S/C17H18N6O/c1-12-10-22-11-14(4-6-16(22)20-12)21-17(24)13-3-5-15(18-9-13)23-8-2-7-19-23/h2-3,5,7-10,14H,4,6,11H2,1H3,(H,21,24)/t14-/m0/s1. The molecule has 0 aromatic carbocycles. The summed E-state index contributed by atoms with van der Waals surface area (Å²) in [5.41, 5.74) is 1.58. The van der Waals surface area contributed by atoms with Crippen molar-refractivity contribution in [1.29, 1.82) is 0 Å². The summed E-state index contributed by atoms with van der Waals surface area (Å²) in [7, 11) is 0. The van der Waals surface area contributed by atoms with E-state index in [4.69, 9.17) is 0 Å². The van der Waals surface area contributed by atoms with Gasteiger partial charge in [0.15, 0.2) is 5.82 Å². The van der Waals surface area contributed by atoms with Gasteiger partial charge in [-0.15, -0.1) is 0 Å². The summed E-state index contributed by atoms with van der Waals surface area (Å²) in [6.45, 7) is 2.76. The van der Waals surface area contributed by atoms with Crippen molar-refractivity contribution in [3.05, 3.63) is 60.1 Å². The van der Waals surface area contributed by atoms with E-state index >= 15 is 0 Å². The zero-order valence-electron chi connectivity index (χ0n) is 13.4. The van der Waals surface area contributed by atoms with Crippen molar-refractivity contribution in [2.75, 3.05) is 0 Å². The lowest BCUT2D eigenvalue weighted by Crippen LogP contribution is -2.40. The number of rotatable bonds is 3. The summed E-state index contributed by atoms with van der Waals surface area (Å²) in [5.74, 6) is 1.69. The van der Waals surface area contributed by atoms with Crippen molar-refractivity contribution in [1.82, 2.24) is 29.6 Å². The highest BCUT2D eigenvalue weighted by Crippen LogP contribution is 2.15. The maximum absolute atomic E-state index is 12.4. The smallest absolute Gasteiger partial charge is 0.253 e. The summed E-state index contributed by atoms with van der Waals surface area (Å²) >= 11 is 0. The molecule has 24 heavy (non-hydrogen) atoms. The van der Waals surface area contributed by atoms with Crippen LogP contribution in [0, 0.1) is 6.92 Å². The van der Waals surface area contributed by atoms with Crippen LogP contribution in [0.25, 0.3) is 5.82 Å². The molecule has 0 unspecified atom stereocenters. The number of hydrogen-bond donors (Lipinski definition) is 1. The lowest BCUT2D eigenvalue weighted by atomic mass is 10.1. The maximum atomic E-state index is 12.4. The Labute approximate surface area is 139 Å².